The van der Waals surface area contributed by atoms with Crippen molar-refractivity contribution in [3.63, 3.8) is 0 Å². The van der Waals surface area contributed by atoms with E-state index in [2.05, 4.69) is 26.1 Å². The van der Waals surface area contributed by atoms with Gasteiger partial charge in [-0.15, -0.1) is 0 Å². The van der Waals surface area contributed by atoms with E-state index in [4.69, 9.17) is 0 Å². The number of aryl methyl sites for hydroxylation is 2. The third-order valence-corrected chi connectivity index (χ3v) is 5.06. The first-order valence-electron chi connectivity index (χ1n) is 12.8. The Morgan fingerprint density at radius 1 is 0.684 bits per heavy atom. The molecular weight excluding hydrogens is 482 g/mol. The van der Waals surface area contributed by atoms with Crippen LogP contribution < -0.4 is 16.0 Å². The number of carbonyl (C=O) groups excluding carboxylic acids is 3. The molecule has 3 amide bonds. The Bertz CT molecular complexity index is 1120. The molecule has 0 spiro atoms. The van der Waals surface area contributed by atoms with Crippen LogP contribution in [0, 0.1) is 17.8 Å². The summed E-state index contributed by atoms with van der Waals surface area (Å²) >= 11 is 0. The van der Waals surface area contributed by atoms with Crippen LogP contribution in [0.1, 0.15) is 52.8 Å². The molecule has 0 saturated heterocycles. The Labute approximate surface area is 226 Å². The molecule has 3 N–H and O–H groups in total. The Kier molecular flexibility index (Phi) is 14.1. The average Bonchev–Trinajstić information content (AvgIpc) is 3.49. The molecule has 0 radical (unpaired) electrons. The fraction of sp³-hybridized carbons (Fsp3) is 0.464. The highest BCUT2D eigenvalue weighted by molar-refractivity contribution is 5.91. The molecule has 1 aromatic carbocycles. The maximum absolute atomic E-state index is 11.2. The molecule has 10 heteroatoms. The molecular formula is C28H43N7O3. The van der Waals surface area contributed by atoms with Crippen LogP contribution in [0.5, 0.6) is 0 Å². The summed E-state index contributed by atoms with van der Waals surface area (Å²) in [5, 5.41) is 16.5. The van der Waals surface area contributed by atoms with Crippen LogP contribution in [0.15, 0.2) is 54.9 Å². The normalized spacial score (nSPS) is 10.3. The van der Waals surface area contributed by atoms with Gasteiger partial charge in [0.05, 0.1) is 12.2 Å². The third-order valence-electron chi connectivity index (χ3n) is 5.06. The van der Waals surface area contributed by atoms with Crippen molar-refractivity contribution < 1.29 is 14.4 Å². The number of carbonyl (C=O) groups is 3. The van der Waals surface area contributed by atoms with Crippen LogP contribution in [0.25, 0.3) is 0 Å². The predicted octanol–water partition coefficient (Wildman–Crippen LogP) is 3.67. The number of hydrogen-bond acceptors (Lipinski definition) is 5. The van der Waals surface area contributed by atoms with Gasteiger partial charge in [0.25, 0.3) is 0 Å². The molecule has 38 heavy (non-hydrogen) atoms. The minimum absolute atomic E-state index is 0.00583. The SMILES string of the molecule is CC(C)C(=O)NCc1ccccc1.CC(C)C(=O)NCc1ccn(C)n1.CC(C)C(=O)Nc1ccn(C)n1. The second-order valence-electron chi connectivity index (χ2n) is 9.73. The fourth-order valence-electron chi connectivity index (χ4n) is 2.68. The van der Waals surface area contributed by atoms with E-state index >= 15 is 0 Å². The zero-order chi connectivity index (χ0) is 28.7. The molecule has 208 valence electrons. The van der Waals surface area contributed by atoms with Crippen molar-refractivity contribution in [1.82, 2.24) is 30.2 Å². The van der Waals surface area contributed by atoms with Crippen molar-refractivity contribution >= 4 is 23.5 Å². The maximum Gasteiger partial charge on any atom is 0.228 e. The molecule has 2 aromatic heterocycles. The van der Waals surface area contributed by atoms with Gasteiger partial charge in [-0.25, -0.2) is 0 Å². The monoisotopic (exact) mass is 525 g/mol. The zero-order valence-corrected chi connectivity index (χ0v) is 23.9. The van der Waals surface area contributed by atoms with Gasteiger partial charge in [0.2, 0.25) is 17.7 Å². The summed E-state index contributed by atoms with van der Waals surface area (Å²) in [4.78, 5) is 33.5. The van der Waals surface area contributed by atoms with Crippen LogP contribution in [0.4, 0.5) is 5.82 Å². The van der Waals surface area contributed by atoms with Gasteiger partial charge in [0.1, 0.15) is 0 Å². The molecule has 0 unspecified atom stereocenters. The van der Waals surface area contributed by atoms with Gasteiger partial charge in [0.15, 0.2) is 5.82 Å². The molecule has 2 heterocycles. The lowest BCUT2D eigenvalue weighted by atomic mass is 10.2. The maximum atomic E-state index is 11.2. The van der Waals surface area contributed by atoms with Gasteiger partial charge in [-0.1, -0.05) is 71.9 Å². The second kappa shape index (κ2) is 16.7. The quantitative estimate of drug-likeness (QED) is 0.414. The van der Waals surface area contributed by atoms with Gasteiger partial charge in [-0.2, -0.15) is 10.2 Å². The molecule has 0 bridgehead atoms. The van der Waals surface area contributed by atoms with E-state index in [0.717, 1.165) is 11.3 Å². The summed E-state index contributed by atoms with van der Waals surface area (Å²) in [6.45, 7) is 12.3. The first-order valence-corrected chi connectivity index (χ1v) is 12.8. The molecule has 3 aromatic rings. The molecule has 10 nitrogen and oxygen atoms in total. The summed E-state index contributed by atoms with van der Waals surface area (Å²) in [5.41, 5.74) is 2.02. The Hall–Kier alpha value is -3.95. The Morgan fingerprint density at radius 2 is 1.18 bits per heavy atom. The van der Waals surface area contributed by atoms with Crippen LogP contribution in [0.3, 0.4) is 0 Å². The van der Waals surface area contributed by atoms with Crippen molar-refractivity contribution in [3.8, 4) is 0 Å². The Morgan fingerprint density at radius 3 is 1.63 bits per heavy atom. The van der Waals surface area contributed by atoms with Crippen molar-refractivity contribution in [1.29, 1.82) is 0 Å². The number of amides is 3. The van der Waals surface area contributed by atoms with E-state index in [-0.39, 0.29) is 35.5 Å². The minimum atomic E-state index is -0.00740. The number of aromatic nitrogens is 4. The summed E-state index contributed by atoms with van der Waals surface area (Å²) in [7, 11) is 3.67. The van der Waals surface area contributed by atoms with Crippen LogP contribution in [-0.4, -0.2) is 37.3 Å². The highest BCUT2D eigenvalue weighted by atomic mass is 16.2. The van der Waals surface area contributed by atoms with E-state index in [0.29, 0.717) is 18.9 Å². The van der Waals surface area contributed by atoms with E-state index in [1.165, 1.54) is 0 Å². The summed E-state index contributed by atoms with van der Waals surface area (Å²) < 4.78 is 3.37. The number of hydrogen-bond donors (Lipinski definition) is 3. The predicted molar refractivity (Wildman–Crippen MR) is 150 cm³/mol. The summed E-state index contributed by atoms with van der Waals surface area (Å²) in [6, 6.07) is 13.6. The smallest absolute Gasteiger partial charge is 0.228 e. The van der Waals surface area contributed by atoms with Gasteiger partial charge < -0.3 is 16.0 Å². The van der Waals surface area contributed by atoms with Crippen molar-refractivity contribution in [2.75, 3.05) is 5.32 Å². The van der Waals surface area contributed by atoms with Crippen molar-refractivity contribution in [3.05, 3.63) is 66.1 Å². The lowest BCUT2D eigenvalue weighted by molar-refractivity contribution is -0.124. The number of anilines is 1. The van der Waals surface area contributed by atoms with E-state index in [9.17, 15) is 14.4 Å². The van der Waals surface area contributed by atoms with Gasteiger partial charge in [0, 0.05) is 56.9 Å². The van der Waals surface area contributed by atoms with Crippen LogP contribution >= 0.6 is 0 Å². The number of benzene rings is 1. The molecule has 3 rings (SSSR count). The first kappa shape index (κ1) is 32.1. The topological polar surface area (TPSA) is 123 Å². The van der Waals surface area contributed by atoms with Gasteiger partial charge >= 0.3 is 0 Å². The largest absolute Gasteiger partial charge is 0.352 e. The van der Waals surface area contributed by atoms with Crippen molar-refractivity contribution in [2.24, 2.45) is 31.8 Å². The summed E-state index contributed by atoms with van der Waals surface area (Å²) in [5.74, 6) is 0.846. The van der Waals surface area contributed by atoms with E-state index in [1.807, 2.05) is 98.2 Å². The fourth-order valence-corrected chi connectivity index (χ4v) is 2.68. The van der Waals surface area contributed by atoms with Gasteiger partial charge in [-0.3, -0.25) is 23.7 Å². The highest BCUT2D eigenvalue weighted by Crippen LogP contribution is 2.03. The number of nitrogens with one attached hydrogen (secondary N) is 3. The van der Waals surface area contributed by atoms with Crippen LogP contribution in [-0.2, 0) is 41.6 Å². The molecule has 0 aliphatic heterocycles. The molecule has 0 atom stereocenters. The standard InChI is InChI=1S/C11H15NO.C9H15N3O.C8H13N3O/c1-9(2)11(13)12-8-10-6-4-3-5-7-10;1-7(2)9(13)10-6-8-4-5-12(3)11-8;1-6(2)8(12)9-7-4-5-11(3)10-7/h3-7,9H,8H2,1-2H3,(H,12,13);4-5,7H,6H2,1-3H3,(H,10,13);4-6H,1-3H3,(H,9,10,12). The van der Waals surface area contributed by atoms with Gasteiger partial charge in [-0.05, 0) is 11.6 Å². The zero-order valence-electron chi connectivity index (χ0n) is 23.9. The first-order chi connectivity index (χ1) is 17.9. The lowest BCUT2D eigenvalue weighted by Crippen LogP contribution is -2.27. The lowest BCUT2D eigenvalue weighted by Gasteiger charge is -2.06. The van der Waals surface area contributed by atoms with E-state index in [1.54, 1.807) is 21.6 Å². The number of nitrogens with zero attached hydrogens (tertiary/aromatic N) is 4. The Balaban J connectivity index is 0.000000285. The second-order valence-corrected chi connectivity index (χ2v) is 9.73. The third kappa shape index (κ3) is 13.4. The molecule has 0 fully saturated rings. The van der Waals surface area contributed by atoms with E-state index < -0.39 is 0 Å². The molecule has 0 aliphatic rings. The average molecular weight is 526 g/mol. The van der Waals surface area contributed by atoms with Crippen LogP contribution in [0.2, 0.25) is 0 Å². The molecule has 0 aliphatic carbocycles. The summed E-state index contributed by atoms with van der Waals surface area (Å²) in [6.07, 6.45) is 3.65. The van der Waals surface area contributed by atoms with Crippen molar-refractivity contribution in [2.45, 2.75) is 54.6 Å². The number of rotatable bonds is 8. The highest BCUT2D eigenvalue weighted by Gasteiger charge is 2.08. The molecule has 0 saturated carbocycles. The minimum Gasteiger partial charge on any atom is -0.352 e.